The topological polar surface area (TPSA) is 95.0 Å². The van der Waals surface area contributed by atoms with Crippen molar-refractivity contribution in [1.29, 1.82) is 0 Å². The fourth-order valence-electron chi connectivity index (χ4n) is 2.38. The minimum atomic E-state index is -4.52. The molecule has 0 unspecified atom stereocenters. The molecule has 0 bridgehead atoms. The van der Waals surface area contributed by atoms with Gasteiger partial charge in [0, 0.05) is 11.8 Å². The second kappa shape index (κ2) is 7.02. The van der Waals surface area contributed by atoms with Crippen molar-refractivity contribution in [2.24, 2.45) is 5.73 Å². The summed E-state index contributed by atoms with van der Waals surface area (Å²) in [6.07, 6.45) is -3.28. The van der Waals surface area contributed by atoms with E-state index in [0.717, 1.165) is 28.9 Å². The standard InChI is InChI=1S/C16H16F3N3O3S/c1-8(2)22-15(24)11(14(20)23)13(26(3)25)12(21-22)9-4-6-10(7-5-9)16(17,18)19/h4-8H,1-3H3,(H2,20,23)/t26-/m1/s1. The molecule has 0 aliphatic carbocycles. The summed E-state index contributed by atoms with van der Waals surface area (Å²) in [4.78, 5) is 24.1. The maximum Gasteiger partial charge on any atom is 0.416 e. The van der Waals surface area contributed by atoms with Crippen LogP contribution < -0.4 is 11.3 Å². The molecule has 1 atom stereocenters. The minimum Gasteiger partial charge on any atom is -0.365 e. The number of rotatable bonds is 4. The van der Waals surface area contributed by atoms with Crippen molar-refractivity contribution in [1.82, 2.24) is 9.78 Å². The molecule has 140 valence electrons. The molecule has 2 N–H and O–H groups in total. The Morgan fingerprint density at radius 2 is 1.77 bits per heavy atom. The second-order valence-corrected chi connectivity index (χ2v) is 7.11. The van der Waals surface area contributed by atoms with Crippen molar-refractivity contribution in [2.45, 2.75) is 31.0 Å². The Balaban J connectivity index is 2.85. The number of benzene rings is 1. The van der Waals surface area contributed by atoms with E-state index in [0.29, 0.717) is 0 Å². The summed E-state index contributed by atoms with van der Waals surface area (Å²) in [6.45, 7) is 3.27. The third kappa shape index (κ3) is 3.69. The van der Waals surface area contributed by atoms with Crippen LogP contribution in [0.15, 0.2) is 34.0 Å². The molecule has 1 amide bonds. The summed E-state index contributed by atoms with van der Waals surface area (Å²) in [5, 5.41) is 4.12. The number of primary amides is 1. The number of alkyl halides is 3. The molecule has 0 spiro atoms. The van der Waals surface area contributed by atoms with Gasteiger partial charge in [0.25, 0.3) is 11.5 Å². The maximum atomic E-state index is 12.8. The van der Waals surface area contributed by atoms with Crippen molar-refractivity contribution in [3.63, 3.8) is 0 Å². The summed E-state index contributed by atoms with van der Waals surface area (Å²) in [5.41, 5.74) is 3.29. The van der Waals surface area contributed by atoms with Gasteiger partial charge in [-0.3, -0.25) is 13.8 Å². The highest BCUT2D eigenvalue weighted by Gasteiger charge is 2.31. The zero-order valence-electron chi connectivity index (χ0n) is 14.1. The van der Waals surface area contributed by atoms with E-state index in [1.165, 1.54) is 6.26 Å². The zero-order valence-corrected chi connectivity index (χ0v) is 14.9. The number of halogens is 3. The van der Waals surface area contributed by atoms with E-state index in [1.54, 1.807) is 13.8 Å². The van der Waals surface area contributed by atoms with Gasteiger partial charge in [-0.2, -0.15) is 18.3 Å². The van der Waals surface area contributed by atoms with Crippen molar-refractivity contribution >= 4 is 16.7 Å². The van der Waals surface area contributed by atoms with E-state index in [4.69, 9.17) is 5.73 Å². The number of aromatic nitrogens is 2. The number of nitrogens with zero attached hydrogens (tertiary/aromatic N) is 2. The Labute approximate surface area is 149 Å². The van der Waals surface area contributed by atoms with E-state index < -0.39 is 45.6 Å². The van der Waals surface area contributed by atoms with Crippen LogP contribution in [0.4, 0.5) is 13.2 Å². The normalized spacial score (nSPS) is 13.0. The fourth-order valence-corrected chi connectivity index (χ4v) is 3.29. The predicted molar refractivity (Wildman–Crippen MR) is 90.2 cm³/mol. The Kier molecular flexibility index (Phi) is 5.36. The van der Waals surface area contributed by atoms with Gasteiger partial charge in [-0.25, -0.2) is 4.68 Å². The third-order valence-corrected chi connectivity index (χ3v) is 4.55. The molecular weight excluding hydrogens is 371 g/mol. The molecule has 2 aromatic rings. The fraction of sp³-hybridized carbons (Fsp3) is 0.312. The van der Waals surface area contributed by atoms with E-state index in [1.807, 2.05) is 0 Å². The molecule has 0 aliphatic heterocycles. The first-order valence-electron chi connectivity index (χ1n) is 7.42. The Morgan fingerprint density at radius 3 is 2.15 bits per heavy atom. The smallest absolute Gasteiger partial charge is 0.365 e. The molecule has 26 heavy (non-hydrogen) atoms. The summed E-state index contributed by atoms with van der Waals surface area (Å²) >= 11 is 0. The van der Waals surface area contributed by atoms with Gasteiger partial charge in [-0.1, -0.05) is 12.1 Å². The van der Waals surface area contributed by atoms with Gasteiger partial charge in [0.1, 0.15) is 11.3 Å². The second-order valence-electron chi connectivity index (χ2n) is 5.79. The van der Waals surface area contributed by atoms with E-state index in [-0.39, 0.29) is 16.2 Å². The average molecular weight is 387 g/mol. The summed E-state index contributed by atoms with van der Waals surface area (Å²) < 4.78 is 51.4. The minimum absolute atomic E-state index is 0.0262. The lowest BCUT2D eigenvalue weighted by molar-refractivity contribution is -0.137. The first-order valence-corrected chi connectivity index (χ1v) is 8.98. The first kappa shape index (κ1) is 19.8. The van der Waals surface area contributed by atoms with Gasteiger partial charge >= 0.3 is 6.18 Å². The molecule has 2 rings (SSSR count). The Hall–Kier alpha value is -2.49. The first-order chi connectivity index (χ1) is 11.9. The van der Waals surface area contributed by atoms with Gasteiger partial charge in [0.15, 0.2) is 0 Å². The molecule has 0 aliphatic rings. The van der Waals surface area contributed by atoms with Crippen LogP contribution >= 0.6 is 0 Å². The van der Waals surface area contributed by atoms with Crippen LogP contribution in [0.2, 0.25) is 0 Å². The molecule has 1 heterocycles. The van der Waals surface area contributed by atoms with Gasteiger partial charge in [0.2, 0.25) is 0 Å². The summed E-state index contributed by atoms with van der Waals surface area (Å²) in [6, 6.07) is 3.51. The molecule has 0 saturated heterocycles. The van der Waals surface area contributed by atoms with Crippen LogP contribution in [0, 0.1) is 0 Å². The molecular formula is C16H16F3N3O3S. The lowest BCUT2D eigenvalue weighted by Crippen LogP contribution is -2.35. The predicted octanol–water partition coefficient (Wildman–Crippen LogP) is 2.35. The van der Waals surface area contributed by atoms with Gasteiger partial charge in [-0.15, -0.1) is 0 Å². The monoisotopic (exact) mass is 387 g/mol. The zero-order chi connectivity index (χ0) is 19.8. The van der Waals surface area contributed by atoms with Crippen LogP contribution in [0.1, 0.15) is 35.8 Å². The van der Waals surface area contributed by atoms with Crippen LogP contribution in [0.5, 0.6) is 0 Å². The number of nitrogens with two attached hydrogens (primary N) is 1. The van der Waals surface area contributed by atoms with Crippen molar-refractivity contribution < 1.29 is 22.2 Å². The third-order valence-electron chi connectivity index (χ3n) is 3.58. The largest absolute Gasteiger partial charge is 0.416 e. The Bertz CT molecular complexity index is 935. The summed E-state index contributed by atoms with van der Waals surface area (Å²) in [5.74, 6) is -1.08. The van der Waals surface area contributed by atoms with Crippen LogP contribution in [0.3, 0.4) is 0 Å². The molecule has 0 fully saturated rings. The Morgan fingerprint density at radius 1 is 1.23 bits per heavy atom. The molecule has 0 radical (unpaired) electrons. The number of carbonyl (C=O) groups excluding carboxylic acids is 1. The number of hydrogen-bond acceptors (Lipinski definition) is 4. The van der Waals surface area contributed by atoms with E-state index >= 15 is 0 Å². The van der Waals surface area contributed by atoms with Gasteiger partial charge in [0.05, 0.1) is 27.3 Å². The van der Waals surface area contributed by atoms with Crippen LogP contribution in [-0.2, 0) is 17.0 Å². The molecule has 1 aromatic heterocycles. The molecule has 1 aromatic carbocycles. The quantitative estimate of drug-likeness (QED) is 0.871. The molecule has 10 heteroatoms. The van der Waals surface area contributed by atoms with Gasteiger partial charge < -0.3 is 5.73 Å². The highest BCUT2D eigenvalue weighted by atomic mass is 32.2. The maximum absolute atomic E-state index is 12.8. The van der Waals surface area contributed by atoms with Crippen LogP contribution in [-0.4, -0.2) is 26.2 Å². The number of amides is 1. The van der Waals surface area contributed by atoms with E-state index in [9.17, 15) is 27.0 Å². The lowest BCUT2D eigenvalue weighted by atomic mass is 10.1. The summed E-state index contributed by atoms with van der Waals surface area (Å²) in [7, 11) is -1.83. The number of carbonyl (C=O) groups is 1. The average Bonchev–Trinajstić information content (AvgIpc) is 2.52. The highest BCUT2D eigenvalue weighted by molar-refractivity contribution is 7.84. The van der Waals surface area contributed by atoms with Crippen LogP contribution in [0.25, 0.3) is 11.3 Å². The van der Waals surface area contributed by atoms with E-state index in [2.05, 4.69) is 5.10 Å². The number of hydrogen-bond donors (Lipinski definition) is 1. The molecule has 6 nitrogen and oxygen atoms in total. The van der Waals surface area contributed by atoms with Gasteiger partial charge in [-0.05, 0) is 26.0 Å². The van der Waals surface area contributed by atoms with Crippen molar-refractivity contribution in [3.05, 3.63) is 45.7 Å². The lowest BCUT2D eigenvalue weighted by Gasteiger charge is -2.16. The van der Waals surface area contributed by atoms with Crippen molar-refractivity contribution in [3.8, 4) is 11.3 Å². The molecule has 0 saturated carbocycles. The van der Waals surface area contributed by atoms with Crippen molar-refractivity contribution in [2.75, 3.05) is 6.26 Å². The SMILES string of the molecule is CC(C)n1nc(-c2ccc(C(F)(F)F)cc2)c([S@@](C)=O)c(C(N)=O)c1=O. The highest BCUT2D eigenvalue weighted by Crippen LogP contribution is 2.32.